The Bertz CT molecular complexity index is 372. The molecule has 1 aliphatic rings. The third-order valence-electron chi connectivity index (χ3n) is 4.53. The fourth-order valence-electron chi connectivity index (χ4n) is 3.22. The van der Waals surface area contributed by atoms with E-state index in [2.05, 4.69) is 37.4 Å². The highest BCUT2D eigenvalue weighted by atomic mass is 15.3. The van der Waals surface area contributed by atoms with Gasteiger partial charge in [0.2, 0.25) is 0 Å². The summed E-state index contributed by atoms with van der Waals surface area (Å²) in [4.78, 5) is 0. The van der Waals surface area contributed by atoms with Crippen LogP contribution in [0.25, 0.3) is 0 Å². The van der Waals surface area contributed by atoms with Crippen LogP contribution in [0.4, 0.5) is 0 Å². The van der Waals surface area contributed by atoms with Crippen LogP contribution in [0.15, 0.2) is 12.4 Å². The Hall–Kier alpha value is -0.830. The van der Waals surface area contributed by atoms with E-state index >= 15 is 0 Å². The van der Waals surface area contributed by atoms with Crippen LogP contribution in [-0.4, -0.2) is 16.3 Å². The van der Waals surface area contributed by atoms with Gasteiger partial charge in [-0.15, -0.1) is 0 Å². The number of hydrogen-bond donors (Lipinski definition) is 1. The van der Waals surface area contributed by atoms with Crippen molar-refractivity contribution in [1.82, 2.24) is 15.1 Å². The Morgan fingerprint density at radius 2 is 2.32 bits per heavy atom. The molecule has 3 heteroatoms. The maximum absolute atomic E-state index is 4.34. The lowest BCUT2D eigenvalue weighted by Crippen LogP contribution is -2.23. The van der Waals surface area contributed by atoms with Gasteiger partial charge in [0.1, 0.15) is 0 Å². The molecule has 0 aromatic carbocycles. The predicted octanol–water partition coefficient (Wildman–Crippen LogP) is 3.77. The molecule has 19 heavy (non-hydrogen) atoms. The number of aryl methyl sites for hydroxylation is 1. The van der Waals surface area contributed by atoms with Gasteiger partial charge >= 0.3 is 0 Å². The van der Waals surface area contributed by atoms with Crippen molar-refractivity contribution in [2.24, 2.45) is 11.8 Å². The van der Waals surface area contributed by atoms with Crippen LogP contribution in [0.3, 0.4) is 0 Å². The monoisotopic (exact) mass is 263 g/mol. The van der Waals surface area contributed by atoms with Crippen LogP contribution >= 0.6 is 0 Å². The lowest BCUT2D eigenvalue weighted by atomic mass is 9.81. The summed E-state index contributed by atoms with van der Waals surface area (Å²) < 4.78 is 2.00. The first kappa shape index (κ1) is 14.6. The first-order valence-electron chi connectivity index (χ1n) is 7.94. The van der Waals surface area contributed by atoms with Crippen LogP contribution in [-0.2, 0) is 6.54 Å². The molecule has 1 N–H and O–H groups in total. The highest BCUT2D eigenvalue weighted by Gasteiger charge is 2.18. The van der Waals surface area contributed by atoms with Crippen LogP contribution in [0.1, 0.15) is 64.5 Å². The van der Waals surface area contributed by atoms with E-state index in [9.17, 15) is 0 Å². The van der Waals surface area contributed by atoms with Crippen molar-refractivity contribution in [1.29, 1.82) is 0 Å². The fourth-order valence-corrected chi connectivity index (χ4v) is 3.22. The summed E-state index contributed by atoms with van der Waals surface area (Å²) in [7, 11) is 0. The lowest BCUT2D eigenvalue weighted by Gasteiger charge is -2.27. The second-order valence-corrected chi connectivity index (χ2v) is 6.23. The topological polar surface area (TPSA) is 29.9 Å². The quantitative estimate of drug-likeness (QED) is 0.846. The van der Waals surface area contributed by atoms with Gasteiger partial charge in [-0.1, -0.05) is 26.2 Å². The van der Waals surface area contributed by atoms with Gasteiger partial charge in [0, 0.05) is 24.3 Å². The lowest BCUT2D eigenvalue weighted by molar-refractivity contribution is 0.265. The summed E-state index contributed by atoms with van der Waals surface area (Å²) in [6.07, 6.45) is 11.2. The number of hydrogen-bond acceptors (Lipinski definition) is 2. The molecule has 0 radical (unpaired) electrons. The van der Waals surface area contributed by atoms with E-state index in [1.165, 1.54) is 37.7 Å². The second-order valence-electron chi connectivity index (χ2n) is 6.23. The van der Waals surface area contributed by atoms with Crippen LogP contribution in [0.5, 0.6) is 0 Å². The van der Waals surface area contributed by atoms with E-state index in [0.717, 1.165) is 24.9 Å². The molecule has 3 nitrogen and oxygen atoms in total. The maximum atomic E-state index is 4.34. The van der Waals surface area contributed by atoms with E-state index in [4.69, 9.17) is 0 Å². The SMILES string of the molecule is CCn1cc(C(C)NCCC2CCCC(C)C2)cn1. The molecule has 0 aliphatic heterocycles. The minimum Gasteiger partial charge on any atom is -0.310 e. The molecule has 1 aromatic heterocycles. The molecule has 0 amide bonds. The molecule has 1 aromatic rings. The second kappa shape index (κ2) is 7.09. The molecule has 2 rings (SSSR count). The van der Waals surface area contributed by atoms with Crippen molar-refractivity contribution in [3.8, 4) is 0 Å². The number of aromatic nitrogens is 2. The van der Waals surface area contributed by atoms with Crippen molar-refractivity contribution >= 4 is 0 Å². The number of rotatable bonds is 6. The number of nitrogens with zero attached hydrogens (tertiary/aromatic N) is 2. The van der Waals surface area contributed by atoms with Gasteiger partial charge in [0.25, 0.3) is 0 Å². The minimum atomic E-state index is 0.418. The van der Waals surface area contributed by atoms with E-state index in [0.29, 0.717) is 6.04 Å². The van der Waals surface area contributed by atoms with Gasteiger partial charge in [-0.25, -0.2) is 0 Å². The molecular formula is C16H29N3. The first-order chi connectivity index (χ1) is 9.19. The van der Waals surface area contributed by atoms with Crippen LogP contribution in [0.2, 0.25) is 0 Å². The average Bonchev–Trinajstić information content (AvgIpc) is 2.87. The highest BCUT2D eigenvalue weighted by molar-refractivity contribution is 5.09. The highest BCUT2D eigenvalue weighted by Crippen LogP contribution is 2.30. The largest absolute Gasteiger partial charge is 0.310 e. The third-order valence-corrected chi connectivity index (χ3v) is 4.53. The summed E-state index contributed by atoms with van der Waals surface area (Å²) >= 11 is 0. The van der Waals surface area contributed by atoms with E-state index in [1.54, 1.807) is 0 Å². The molecule has 3 atom stereocenters. The van der Waals surface area contributed by atoms with E-state index in [1.807, 2.05) is 10.9 Å². The molecule has 0 saturated heterocycles. The third kappa shape index (κ3) is 4.34. The summed E-state index contributed by atoms with van der Waals surface area (Å²) in [6.45, 7) is 8.85. The van der Waals surface area contributed by atoms with Crippen molar-refractivity contribution in [2.45, 2.75) is 65.5 Å². The summed E-state index contributed by atoms with van der Waals surface area (Å²) in [5.74, 6) is 1.89. The molecule has 3 unspecified atom stereocenters. The van der Waals surface area contributed by atoms with Crippen molar-refractivity contribution in [2.75, 3.05) is 6.54 Å². The Labute approximate surface area is 117 Å². The Morgan fingerprint density at radius 1 is 1.47 bits per heavy atom. The fraction of sp³-hybridized carbons (Fsp3) is 0.812. The molecule has 1 fully saturated rings. The van der Waals surface area contributed by atoms with Crippen molar-refractivity contribution in [3.63, 3.8) is 0 Å². The molecule has 1 aliphatic carbocycles. The van der Waals surface area contributed by atoms with E-state index in [-0.39, 0.29) is 0 Å². The van der Waals surface area contributed by atoms with Gasteiger partial charge in [0.15, 0.2) is 0 Å². The average molecular weight is 263 g/mol. The zero-order valence-electron chi connectivity index (χ0n) is 12.7. The molecule has 1 heterocycles. The standard InChI is InChI=1S/C16H29N3/c1-4-19-12-16(11-18-19)14(3)17-9-8-15-7-5-6-13(2)10-15/h11-15,17H,4-10H2,1-3H3. The summed E-state index contributed by atoms with van der Waals surface area (Å²) in [6, 6.07) is 0.418. The van der Waals surface area contributed by atoms with Gasteiger partial charge in [-0.2, -0.15) is 5.10 Å². The van der Waals surface area contributed by atoms with E-state index < -0.39 is 0 Å². The smallest absolute Gasteiger partial charge is 0.0537 e. The van der Waals surface area contributed by atoms with Gasteiger partial charge in [0.05, 0.1) is 6.20 Å². The van der Waals surface area contributed by atoms with Gasteiger partial charge in [-0.3, -0.25) is 4.68 Å². The van der Waals surface area contributed by atoms with Gasteiger partial charge in [-0.05, 0) is 45.1 Å². The zero-order chi connectivity index (χ0) is 13.7. The first-order valence-corrected chi connectivity index (χ1v) is 7.94. The Balaban J connectivity index is 1.70. The molecule has 108 valence electrons. The molecule has 1 saturated carbocycles. The Morgan fingerprint density at radius 3 is 3.00 bits per heavy atom. The van der Waals surface area contributed by atoms with Gasteiger partial charge < -0.3 is 5.32 Å². The molecular weight excluding hydrogens is 234 g/mol. The van der Waals surface area contributed by atoms with Crippen LogP contribution < -0.4 is 5.32 Å². The molecule has 0 spiro atoms. The molecule has 0 bridgehead atoms. The van der Waals surface area contributed by atoms with Crippen molar-refractivity contribution in [3.05, 3.63) is 18.0 Å². The minimum absolute atomic E-state index is 0.418. The number of nitrogens with one attached hydrogen (secondary N) is 1. The zero-order valence-corrected chi connectivity index (χ0v) is 12.7. The summed E-state index contributed by atoms with van der Waals surface area (Å²) in [5.41, 5.74) is 1.30. The summed E-state index contributed by atoms with van der Waals surface area (Å²) in [5, 5.41) is 7.99. The Kier molecular flexibility index (Phi) is 5.44. The van der Waals surface area contributed by atoms with Crippen LogP contribution in [0, 0.1) is 11.8 Å². The van der Waals surface area contributed by atoms with Crippen molar-refractivity contribution < 1.29 is 0 Å². The predicted molar refractivity (Wildman–Crippen MR) is 80.1 cm³/mol. The maximum Gasteiger partial charge on any atom is 0.0537 e. The normalized spacial score (nSPS) is 25.4.